The molecular weight excluding hydrogens is 212 g/mol. The minimum Gasteiger partial charge on any atom is -0.396 e. The lowest BCUT2D eigenvalue weighted by Crippen LogP contribution is -2.40. The molecular formula is C14H30N2O. The normalized spacial score (nSPS) is 25.1. The minimum absolute atomic E-state index is 0.348. The molecule has 1 aliphatic heterocycles. The summed E-state index contributed by atoms with van der Waals surface area (Å²) in [6.07, 6.45) is 4.79. The molecule has 17 heavy (non-hydrogen) atoms. The van der Waals surface area contributed by atoms with Crippen LogP contribution >= 0.6 is 0 Å². The van der Waals surface area contributed by atoms with E-state index in [1.165, 1.54) is 38.9 Å². The van der Waals surface area contributed by atoms with Crippen LogP contribution in [0.5, 0.6) is 0 Å². The summed E-state index contributed by atoms with van der Waals surface area (Å²) in [5.41, 5.74) is 0.400. The van der Waals surface area contributed by atoms with Crippen molar-refractivity contribution in [2.24, 2.45) is 11.3 Å². The van der Waals surface area contributed by atoms with Gasteiger partial charge in [-0.15, -0.1) is 0 Å². The van der Waals surface area contributed by atoms with Crippen molar-refractivity contribution in [1.82, 2.24) is 10.2 Å². The summed E-state index contributed by atoms with van der Waals surface area (Å²) in [7, 11) is 2.05. The lowest BCUT2D eigenvalue weighted by atomic mass is 9.85. The van der Waals surface area contributed by atoms with Crippen LogP contribution in [0.3, 0.4) is 0 Å². The zero-order valence-corrected chi connectivity index (χ0v) is 11.8. The molecule has 0 amide bonds. The Morgan fingerprint density at radius 2 is 2.24 bits per heavy atom. The highest BCUT2D eigenvalue weighted by Gasteiger charge is 2.29. The van der Waals surface area contributed by atoms with E-state index in [0.29, 0.717) is 12.0 Å². The van der Waals surface area contributed by atoms with Crippen molar-refractivity contribution in [1.29, 1.82) is 0 Å². The fraction of sp³-hybridized carbons (Fsp3) is 1.00. The molecule has 3 heteroatoms. The molecule has 102 valence electrons. The van der Waals surface area contributed by atoms with Gasteiger partial charge < -0.3 is 15.3 Å². The summed E-state index contributed by atoms with van der Waals surface area (Å²) in [4.78, 5) is 2.59. The van der Waals surface area contributed by atoms with Gasteiger partial charge >= 0.3 is 0 Å². The van der Waals surface area contributed by atoms with Gasteiger partial charge in [-0.2, -0.15) is 0 Å². The second kappa shape index (κ2) is 7.34. The average molecular weight is 242 g/mol. The number of nitrogens with zero attached hydrogens (tertiary/aromatic N) is 1. The molecule has 1 saturated heterocycles. The van der Waals surface area contributed by atoms with E-state index < -0.39 is 0 Å². The summed E-state index contributed by atoms with van der Waals surface area (Å²) in [5.74, 6) is 0.723. The van der Waals surface area contributed by atoms with Crippen molar-refractivity contribution in [3.63, 3.8) is 0 Å². The van der Waals surface area contributed by atoms with Crippen molar-refractivity contribution in [3.8, 4) is 0 Å². The van der Waals surface area contributed by atoms with Crippen LogP contribution in [0.2, 0.25) is 0 Å². The van der Waals surface area contributed by atoms with Gasteiger partial charge in [-0.3, -0.25) is 0 Å². The Morgan fingerprint density at radius 1 is 1.47 bits per heavy atom. The van der Waals surface area contributed by atoms with Gasteiger partial charge in [0.25, 0.3) is 0 Å². The third kappa shape index (κ3) is 4.94. The van der Waals surface area contributed by atoms with Crippen molar-refractivity contribution >= 4 is 0 Å². The number of hydrogen-bond donors (Lipinski definition) is 2. The molecule has 1 heterocycles. The van der Waals surface area contributed by atoms with E-state index in [2.05, 4.69) is 24.1 Å². The maximum absolute atomic E-state index is 8.99. The summed E-state index contributed by atoms with van der Waals surface area (Å²) >= 11 is 0. The Kier molecular flexibility index (Phi) is 6.45. The Bertz CT molecular complexity index is 202. The van der Waals surface area contributed by atoms with Gasteiger partial charge in [0, 0.05) is 26.2 Å². The molecule has 0 spiro atoms. The van der Waals surface area contributed by atoms with Gasteiger partial charge in [0.05, 0.1) is 0 Å². The predicted molar refractivity (Wildman–Crippen MR) is 73.2 cm³/mol. The number of aliphatic hydroxyl groups excluding tert-OH is 1. The molecule has 2 atom stereocenters. The molecule has 2 N–H and O–H groups in total. The number of likely N-dealkylation sites (tertiary alicyclic amines) is 1. The van der Waals surface area contributed by atoms with Gasteiger partial charge in [-0.25, -0.2) is 0 Å². The molecule has 0 aromatic rings. The minimum atomic E-state index is 0.348. The maximum Gasteiger partial charge on any atom is 0.0434 e. The second-order valence-corrected chi connectivity index (χ2v) is 5.99. The van der Waals surface area contributed by atoms with E-state index in [9.17, 15) is 0 Å². The molecule has 0 saturated carbocycles. The summed E-state index contributed by atoms with van der Waals surface area (Å²) in [6, 6.07) is 0. The molecule has 0 bridgehead atoms. The quantitative estimate of drug-likeness (QED) is 0.680. The first-order valence-electron chi connectivity index (χ1n) is 7.11. The van der Waals surface area contributed by atoms with Gasteiger partial charge in [0.1, 0.15) is 0 Å². The van der Waals surface area contributed by atoms with Crippen LogP contribution in [-0.4, -0.2) is 49.8 Å². The van der Waals surface area contributed by atoms with Crippen LogP contribution in [0.4, 0.5) is 0 Å². The molecule has 1 rings (SSSR count). The van der Waals surface area contributed by atoms with Gasteiger partial charge in [0.15, 0.2) is 0 Å². The highest BCUT2D eigenvalue weighted by molar-refractivity contribution is 4.84. The molecule has 0 aromatic heterocycles. The molecule has 0 aliphatic carbocycles. The van der Waals surface area contributed by atoms with Gasteiger partial charge in [-0.1, -0.05) is 20.3 Å². The Hall–Kier alpha value is -0.120. The Balaban J connectivity index is 2.40. The fourth-order valence-electron chi connectivity index (χ4n) is 3.27. The summed E-state index contributed by atoms with van der Waals surface area (Å²) < 4.78 is 0. The highest BCUT2D eigenvalue weighted by atomic mass is 16.3. The fourth-order valence-corrected chi connectivity index (χ4v) is 3.27. The van der Waals surface area contributed by atoms with E-state index in [1.807, 2.05) is 7.05 Å². The van der Waals surface area contributed by atoms with Crippen LogP contribution in [0.25, 0.3) is 0 Å². The van der Waals surface area contributed by atoms with Crippen molar-refractivity contribution in [2.45, 2.75) is 39.5 Å². The maximum atomic E-state index is 8.99. The van der Waals surface area contributed by atoms with E-state index in [0.717, 1.165) is 18.9 Å². The zero-order chi connectivity index (χ0) is 12.7. The van der Waals surface area contributed by atoms with Crippen LogP contribution in [0, 0.1) is 11.3 Å². The third-order valence-electron chi connectivity index (χ3n) is 3.97. The summed E-state index contributed by atoms with van der Waals surface area (Å²) in [6.45, 7) is 9.71. The first kappa shape index (κ1) is 14.9. The topological polar surface area (TPSA) is 35.5 Å². The molecule has 1 fully saturated rings. The van der Waals surface area contributed by atoms with Crippen molar-refractivity contribution in [3.05, 3.63) is 0 Å². The largest absolute Gasteiger partial charge is 0.396 e. The van der Waals surface area contributed by atoms with E-state index >= 15 is 0 Å². The number of nitrogens with one attached hydrogen (secondary N) is 1. The second-order valence-electron chi connectivity index (χ2n) is 5.99. The van der Waals surface area contributed by atoms with Crippen LogP contribution in [0.1, 0.15) is 39.5 Å². The summed E-state index contributed by atoms with van der Waals surface area (Å²) in [5, 5.41) is 12.3. The van der Waals surface area contributed by atoms with Crippen LogP contribution < -0.4 is 5.32 Å². The lowest BCUT2D eigenvalue weighted by molar-refractivity contribution is 0.168. The third-order valence-corrected chi connectivity index (χ3v) is 3.97. The smallest absolute Gasteiger partial charge is 0.0434 e. The first-order valence-corrected chi connectivity index (χ1v) is 7.11. The first-order chi connectivity index (χ1) is 8.13. The van der Waals surface area contributed by atoms with Crippen LogP contribution in [-0.2, 0) is 0 Å². The monoisotopic (exact) mass is 242 g/mol. The Morgan fingerprint density at radius 3 is 2.82 bits per heavy atom. The molecule has 3 nitrogen and oxygen atoms in total. The van der Waals surface area contributed by atoms with Crippen molar-refractivity contribution in [2.75, 3.05) is 39.8 Å². The number of rotatable bonds is 8. The molecule has 2 unspecified atom stereocenters. The highest BCUT2D eigenvalue weighted by Crippen LogP contribution is 2.28. The van der Waals surface area contributed by atoms with Crippen LogP contribution in [0.15, 0.2) is 0 Å². The lowest BCUT2D eigenvalue weighted by Gasteiger charge is -2.33. The molecule has 1 aliphatic rings. The molecule has 0 aromatic carbocycles. The molecule has 0 radical (unpaired) electrons. The predicted octanol–water partition coefficient (Wildman–Crippen LogP) is 1.72. The van der Waals surface area contributed by atoms with E-state index in [-0.39, 0.29) is 0 Å². The standard InChI is InChI=1S/C14H30N2O/c1-4-7-14(2,11-15-3)12-16-8-5-13(10-16)6-9-17/h13,15,17H,4-12H2,1-3H3. The number of hydrogen-bond acceptors (Lipinski definition) is 3. The van der Waals surface area contributed by atoms with Crippen molar-refractivity contribution < 1.29 is 5.11 Å². The van der Waals surface area contributed by atoms with Gasteiger partial charge in [-0.05, 0) is 44.2 Å². The Labute approximate surface area is 107 Å². The zero-order valence-electron chi connectivity index (χ0n) is 11.8. The van der Waals surface area contributed by atoms with E-state index in [4.69, 9.17) is 5.11 Å². The SMILES string of the molecule is CCCC(C)(CNC)CN1CCC(CCO)C1. The van der Waals surface area contributed by atoms with E-state index in [1.54, 1.807) is 0 Å². The van der Waals surface area contributed by atoms with Gasteiger partial charge in [0.2, 0.25) is 0 Å². The average Bonchev–Trinajstić information content (AvgIpc) is 2.66. The number of aliphatic hydroxyl groups is 1.